The van der Waals surface area contributed by atoms with Crippen LogP contribution in [0.25, 0.3) is 5.69 Å². The van der Waals surface area contributed by atoms with Crippen molar-refractivity contribution in [3.63, 3.8) is 0 Å². The Morgan fingerprint density at radius 2 is 1.71 bits per heavy atom. The number of piperazine rings is 1. The molecule has 1 N–H and O–H groups in total. The number of hydrogen-bond donors (Lipinski definition) is 1. The summed E-state index contributed by atoms with van der Waals surface area (Å²) in [7, 11) is 0. The Balaban J connectivity index is 1.48. The van der Waals surface area contributed by atoms with Crippen LogP contribution in [0.2, 0.25) is 0 Å². The summed E-state index contributed by atoms with van der Waals surface area (Å²) >= 11 is 0. The van der Waals surface area contributed by atoms with E-state index in [2.05, 4.69) is 27.9 Å². The first-order chi connectivity index (χ1) is 13.3. The van der Waals surface area contributed by atoms with Crippen LogP contribution in [-0.4, -0.2) is 42.3 Å². The van der Waals surface area contributed by atoms with E-state index in [1.165, 1.54) is 17.8 Å². The fourth-order valence-electron chi connectivity index (χ4n) is 5.35. The molecular weight excluding hydrogens is 369 g/mol. The van der Waals surface area contributed by atoms with E-state index in [0.717, 1.165) is 56.9 Å². The van der Waals surface area contributed by atoms with Crippen molar-refractivity contribution in [2.45, 2.75) is 38.0 Å². The van der Waals surface area contributed by atoms with Crippen LogP contribution < -0.4 is 15.0 Å². The number of benzene rings is 1. The molecule has 0 amide bonds. The molecule has 6 rings (SSSR count). The number of halogens is 3. The minimum Gasteiger partial charge on any atom is -0.406 e. The van der Waals surface area contributed by atoms with Gasteiger partial charge in [0.25, 0.3) is 0 Å². The van der Waals surface area contributed by atoms with Gasteiger partial charge in [0.15, 0.2) is 5.82 Å². The Morgan fingerprint density at radius 3 is 2.29 bits per heavy atom. The quantitative estimate of drug-likeness (QED) is 0.863. The summed E-state index contributed by atoms with van der Waals surface area (Å²) < 4.78 is 43.2. The van der Waals surface area contributed by atoms with E-state index >= 15 is 0 Å². The van der Waals surface area contributed by atoms with E-state index in [-0.39, 0.29) is 11.2 Å². The largest absolute Gasteiger partial charge is 0.573 e. The Labute approximate surface area is 161 Å². The molecule has 0 radical (unpaired) electrons. The van der Waals surface area contributed by atoms with Crippen LogP contribution in [0, 0.1) is 5.41 Å². The van der Waals surface area contributed by atoms with Gasteiger partial charge in [-0.1, -0.05) is 6.92 Å². The smallest absolute Gasteiger partial charge is 0.406 e. The Morgan fingerprint density at radius 1 is 1.07 bits per heavy atom. The van der Waals surface area contributed by atoms with Crippen LogP contribution in [0.5, 0.6) is 5.75 Å². The zero-order valence-electron chi connectivity index (χ0n) is 15.7. The monoisotopic (exact) mass is 392 g/mol. The first kappa shape index (κ1) is 17.8. The normalized spacial score (nSPS) is 29.2. The minimum absolute atomic E-state index is 0.162. The van der Waals surface area contributed by atoms with Crippen LogP contribution >= 0.6 is 0 Å². The molecule has 150 valence electrons. The van der Waals surface area contributed by atoms with Crippen molar-refractivity contribution >= 4 is 5.82 Å². The summed E-state index contributed by atoms with van der Waals surface area (Å²) in [5.74, 6) is 0.729. The molecule has 2 heterocycles. The number of aromatic nitrogens is 2. The summed E-state index contributed by atoms with van der Waals surface area (Å²) in [5, 5.41) is 8.20. The third-order valence-electron chi connectivity index (χ3n) is 6.29. The fourth-order valence-corrected chi connectivity index (χ4v) is 5.35. The van der Waals surface area contributed by atoms with Gasteiger partial charge in [-0.3, -0.25) is 0 Å². The average molecular weight is 392 g/mol. The molecule has 0 spiro atoms. The Hall–Kier alpha value is -2.22. The second kappa shape index (κ2) is 5.89. The highest BCUT2D eigenvalue weighted by Gasteiger charge is 2.66. The molecule has 1 aromatic carbocycles. The number of rotatable bonds is 4. The third kappa shape index (κ3) is 2.94. The minimum atomic E-state index is -4.69. The molecule has 2 bridgehead atoms. The topological polar surface area (TPSA) is 42.3 Å². The molecule has 3 aliphatic carbocycles. The van der Waals surface area contributed by atoms with Crippen LogP contribution in [0.3, 0.4) is 0 Å². The molecule has 1 aliphatic heterocycles. The van der Waals surface area contributed by atoms with Gasteiger partial charge in [-0.25, -0.2) is 4.68 Å². The van der Waals surface area contributed by atoms with Crippen molar-refractivity contribution in [2.75, 3.05) is 31.1 Å². The van der Waals surface area contributed by atoms with Crippen LogP contribution in [-0.2, 0) is 5.41 Å². The first-order valence-electron chi connectivity index (χ1n) is 9.68. The first-order valence-corrected chi connectivity index (χ1v) is 9.68. The number of nitrogens with one attached hydrogen (secondary N) is 1. The standard InChI is InChI=1S/C20H23F3N4O/c1-18-11-19(12-18,13-18)16-10-17(26-8-6-24-7-9-26)25-27(16)14-2-4-15(5-3-14)28-20(21,22)23/h2-5,10,24H,6-9,11-13H2,1H3. The summed E-state index contributed by atoms with van der Waals surface area (Å²) in [6, 6.07) is 8.17. The molecule has 0 unspecified atom stereocenters. The fraction of sp³-hybridized carbons (Fsp3) is 0.550. The third-order valence-corrected chi connectivity index (χ3v) is 6.29. The predicted molar refractivity (Wildman–Crippen MR) is 99.0 cm³/mol. The number of nitrogens with zero attached hydrogens (tertiary/aromatic N) is 3. The van der Waals surface area contributed by atoms with Crippen molar-refractivity contribution in [3.05, 3.63) is 36.0 Å². The van der Waals surface area contributed by atoms with Gasteiger partial charge in [0.2, 0.25) is 0 Å². The highest BCUT2D eigenvalue weighted by Crippen LogP contribution is 2.73. The van der Waals surface area contributed by atoms with Crippen molar-refractivity contribution in [3.8, 4) is 11.4 Å². The lowest BCUT2D eigenvalue weighted by atomic mass is 9.35. The van der Waals surface area contributed by atoms with E-state index in [0.29, 0.717) is 5.41 Å². The molecule has 2 aromatic rings. The lowest BCUT2D eigenvalue weighted by Gasteiger charge is -2.69. The summed E-state index contributed by atoms with van der Waals surface area (Å²) in [5.41, 5.74) is 2.55. The van der Waals surface area contributed by atoms with Gasteiger partial charge in [-0.05, 0) is 48.9 Å². The van der Waals surface area contributed by atoms with Crippen LogP contribution in [0.15, 0.2) is 30.3 Å². The van der Waals surface area contributed by atoms with Gasteiger partial charge in [0.1, 0.15) is 5.75 Å². The average Bonchev–Trinajstić information content (AvgIpc) is 3.03. The summed E-state index contributed by atoms with van der Waals surface area (Å²) in [6.07, 6.45) is -1.22. The summed E-state index contributed by atoms with van der Waals surface area (Å²) in [4.78, 5) is 2.27. The molecular formula is C20H23F3N4O. The highest BCUT2D eigenvalue weighted by molar-refractivity contribution is 5.50. The van der Waals surface area contributed by atoms with Crippen molar-refractivity contribution in [2.24, 2.45) is 5.41 Å². The Bertz CT molecular complexity index is 864. The van der Waals surface area contributed by atoms with Gasteiger partial charge in [-0.2, -0.15) is 0 Å². The molecule has 8 heteroatoms. The van der Waals surface area contributed by atoms with Crippen molar-refractivity contribution in [1.29, 1.82) is 0 Å². The van der Waals surface area contributed by atoms with E-state index in [4.69, 9.17) is 5.10 Å². The predicted octanol–water partition coefficient (Wildman–Crippen LogP) is 3.62. The molecule has 0 atom stereocenters. The molecule has 1 aromatic heterocycles. The number of alkyl halides is 3. The van der Waals surface area contributed by atoms with E-state index in [1.54, 1.807) is 12.1 Å². The van der Waals surface area contributed by atoms with Gasteiger partial charge in [0, 0.05) is 37.7 Å². The maximum atomic E-state index is 12.4. The molecule has 4 aliphatic rings. The maximum absolute atomic E-state index is 12.4. The maximum Gasteiger partial charge on any atom is 0.573 e. The lowest BCUT2D eigenvalue weighted by Crippen LogP contribution is -2.63. The zero-order chi connectivity index (χ0) is 19.6. The Kier molecular flexibility index (Phi) is 3.75. The van der Waals surface area contributed by atoms with E-state index in [9.17, 15) is 13.2 Å². The number of hydrogen-bond acceptors (Lipinski definition) is 4. The van der Waals surface area contributed by atoms with E-state index < -0.39 is 6.36 Å². The highest BCUT2D eigenvalue weighted by atomic mass is 19.4. The van der Waals surface area contributed by atoms with Gasteiger partial charge in [-0.15, -0.1) is 18.3 Å². The van der Waals surface area contributed by atoms with Gasteiger partial charge in [0.05, 0.1) is 11.4 Å². The molecule has 1 saturated heterocycles. The zero-order valence-corrected chi connectivity index (χ0v) is 15.7. The molecule has 28 heavy (non-hydrogen) atoms. The van der Waals surface area contributed by atoms with E-state index in [1.807, 2.05) is 4.68 Å². The molecule has 5 nitrogen and oxygen atoms in total. The van der Waals surface area contributed by atoms with Gasteiger partial charge >= 0.3 is 6.36 Å². The SMILES string of the molecule is CC12CC(c3cc(N4CCNCC4)nn3-c3ccc(OC(F)(F)F)cc3)(C1)C2. The van der Waals surface area contributed by atoms with Crippen LogP contribution in [0.1, 0.15) is 31.9 Å². The molecule has 4 fully saturated rings. The summed E-state index contributed by atoms with van der Waals surface area (Å²) in [6.45, 7) is 5.97. The number of anilines is 1. The second-order valence-corrected chi connectivity index (χ2v) is 8.70. The van der Waals surface area contributed by atoms with Crippen molar-refractivity contribution in [1.82, 2.24) is 15.1 Å². The second-order valence-electron chi connectivity index (χ2n) is 8.70. The van der Waals surface area contributed by atoms with Crippen molar-refractivity contribution < 1.29 is 17.9 Å². The lowest BCUT2D eigenvalue weighted by molar-refractivity contribution is -0.274. The van der Waals surface area contributed by atoms with Crippen LogP contribution in [0.4, 0.5) is 19.0 Å². The molecule has 3 saturated carbocycles. The number of ether oxygens (including phenoxy) is 1. The van der Waals surface area contributed by atoms with Gasteiger partial charge < -0.3 is 15.0 Å².